The molecule has 0 saturated carbocycles. The Morgan fingerprint density at radius 2 is 2.26 bits per heavy atom. The molecule has 0 aliphatic rings. The molecular formula is C15H26N8. The van der Waals surface area contributed by atoms with Crippen LogP contribution in [0.4, 0.5) is 0 Å². The predicted octanol–water partition coefficient (Wildman–Crippen LogP) is 0.538. The highest BCUT2D eigenvalue weighted by molar-refractivity contribution is 5.79. The van der Waals surface area contributed by atoms with E-state index in [2.05, 4.69) is 49.3 Å². The molecule has 1 atom stereocenters. The van der Waals surface area contributed by atoms with E-state index in [-0.39, 0.29) is 0 Å². The van der Waals surface area contributed by atoms with Gasteiger partial charge in [0.1, 0.15) is 12.2 Å². The second kappa shape index (κ2) is 8.92. The van der Waals surface area contributed by atoms with Crippen LogP contribution >= 0.6 is 0 Å². The first kappa shape index (κ1) is 17.0. The summed E-state index contributed by atoms with van der Waals surface area (Å²) in [6.45, 7) is 7.59. The quantitative estimate of drug-likeness (QED) is 0.548. The molecule has 0 spiro atoms. The fourth-order valence-electron chi connectivity index (χ4n) is 2.32. The van der Waals surface area contributed by atoms with Gasteiger partial charge in [-0.1, -0.05) is 13.8 Å². The summed E-state index contributed by atoms with van der Waals surface area (Å²) in [7, 11) is 1.78. The lowest BCUT2D eigenvalue weighted by molar-refractivity contribution is 0.443. The zero-order chi connectivity index (χ0) is 16.5. The Morgan fingerprint density at radius 1 is 1.39 bits per heavy atom. The fourth-order valence-corrected chi connectivity index (χ4v) is 2.32. The summed E-state index contributed by atoms with van der Waals surface area (Å²) >= 11 is 0. The molecule has 2 aromatic rings. The highest BCUT2D eigenvalue weighted by Gasteiger charge is 2.06. The molecule has 0 aliphatic carbocycles. The third-order valence-corrected chi connectivity index (χ3v) is 3.56. The van der Waals surface area contributed by atoms with E-state index < -0.39 is 0 Å². The van der Waals surface area contributed by atoms with Crippen LogP contribution in [-0.4, -0.2) is 50.6 Å². The number of aliphatic imine (C=N–C) groups is 1. The minimum Gasteiger partial charge on any atom is -0.356 e. The molecule has 2 rings (SSSR count). The Kier molecular flexibility index (Phi) is 6.58. The van der Waals surface area contributed by atoms with Crippen molar-refractivity contribution >= 4 is 5.96 Å². The Hall–Kier alpha value is -2.38. The molecule has 1 unspecified atom stereocenters. The summed E-state index contributed by atoms with van der Waals surface area (Å²) in [4.78, 5) is 4.25. The van der Waals surface area contributed by atoms with Gasteiger partial charge in [-0.25, -0.2) is 0 Å². The minimum atomic E-state index is 0.456. The molecule has 2 N–H and O–H groups in total. The molecule has 0 fully saturated rings. The van der Waals surface area contributed by atoms with Crippen LogP contribution in [0.1, 0.15) is 19.7 Å². The SMILES string of the molecule is CCc1nncn1CCNC(=NC)NCC(C)Cn1cccn1. The van der Waals surface area contributed by atoms with Gasteiger partial charge in [0, 0.05) is 52.0 Å². The molecule has 23 heavy (non-hydrogen) atoms. The molecular weight excluding hydrogens is 292 g/mol. The molecule has 0 radical (unpaired) electrons. The van der Waals surface area contributed by atoms with E-state index in [1.54, 1.807) is 19.6 Å². The lowest BCUT2D eigenvalue weighted by atomic mass is 10.2. The molecule has 126 valence electrons. The molecule has 8 nitrogen and oxygen atoms in total. The highest BCUT2D eigenvalue weighted by atomic mass is 15.3. The van der Waals surface area contributed by atoms with Gasteiger partial charge in [-0.05, 0) is 12.0 Å². The normalized spacial score (nSPS) is 13.1. The first-order valence-electron chi connectivity index (χ1n) is 8.01. The van der Waals surface area contributed by atoms with Crippen LogP contribution in [0, 0.1) is 5.92 Å². The number of hydrogen-bond donors (Lipinski definition) is 2. The second-order valence-electron chi connectivity index (χ2n) is 5.51. The number of hydrogen-bond acceptors (Lipinski definition) is 4. The largest absolute Gasteiger partial charge is 0.356 e. The van der Waals surface area contributed by atoms with Crippen molar-refractivity contribution in [2.75, 3.05) is 20.1 Å². The average molecular weight is 318 g/mol. The zero-order valence-electron chi connectivity index (χ0n) is 14.1. The molecule has 0 amide bonds. The van der Waals surface area contributed by atoms with Crippen LogP contribution in [0.3, 0.4) is 0 Å². The molecule has 0 bridgehead atoms. The topological polar surface area (TPSA) is 85.0 Å². The van der Waals surface area contributed by atoms with E-state index in [0.29, 0.717) is 5.92 Å². The maximum atomic E-state index is 4.25. The molecule has 0 saturated heterocycles. The van der Waals surface area contributed by atoms with Gasteiger partial charge in [-0.15, -0.1) is 10.2 Å². The Balaban J connectivity index is 1.69. The van der Waals surface area contributed by atoms with E-state index >= 15 is 0 Å². The van der Waals surface area contributed by atoms with E-state index in [1.807, 2.05) is 16.9 Å². The molecule has 8 heteroatoms. The average Bonchev–Trinajstić information content (AvgIpc) is 3.21. The van der Waals surface area contributed by atoms with Gasteiger partial charge in [0.05, 0.1) is 0 Å². The van der Waals surface area contributed by atoms with E-state index in [0.717, 1.165) is 44.4 Å². The van der Waals surface area contributed by atoms with Crippen molar-refractivity contribution in [3.8, 4) is 0 Å². The van der Waals surface area contributed by atoms with Crippen molar-refractivity contribution in [2.45, 2.75) is 33.4 Å². The van der Waals surface area contributed by atoms with Crippen molar-refractivity contribution < 1.29 is 0 Å². The Labute approximate surface area is 137 Å². The number of aromatic nitrogens is 5. The third-order valence-electron chi connectivity index (χ3n) is 3.56. The lowest BCUT2D eigenvalue weighted by Gasteiger charge is -2.16. The smallest absolute Gasteiger partial charge is 0.191 e. The molecule has 2 aromatic heterocycles. The van der Waals surface area contributed by atoms with Crippen molar-refractivity contribution in [3.63, 3.8) is 0 Å². The van der Waals surface area contributed by atoms with E-state index in [1.165, 1.54) is 0 Å². The van der Waals surface area contributed by atoms with Gasteiger partial charge >= 0.3 is 0 Å². The molecule has 2 heterocycles. The summed E-state index contributed by atoms with van der Waals surface area (Å²) < 4.78 is 4.00. The summed E-state index contributed by atoms with van der Waals surface area (Å²) in [5, 5.41) is 18.9. The van der Waals surface area contributed by atoms with Gasteiger partial charge < -0.3 is 15.2 Å². The number of nitrogens with zero attached hydrogens (tertiary/aromatic N) is 6. The summed E-state index contributed by atoms with van der Waals surface area (Å²) in [6.07, 6.45) is 6.44. The zero-order valence-corrected chi connectivity index (χ0v) is 14.1. The monoisotopic (exact) mass is 318 g/mol. The van der Waals surface area contributed by atoms with Crippen LogP contribution in [0.15, 0.2) is 29.8 Å². The van der Waals surface area contributed by atoms with Crippen LogP contribution in [-0.2, 0) is 19.5 Å². The summed E-state index contributed by atoms with van der Waals surface area (Å²) in [6, 6.07) is 1.94. The molecule has 0 aromatic carbocycles. The Bertz CT molecular complexity index is 586. The van der Waals surface area contributed by atoms with Crippen molar-refractivity contribution in [1.82, 2.24) is 35.2 Å². The van der Waals surface area contributed by atoms with Crippen molar-refractivity contribution in [3.05, 3.63) is 30.6 Å². The summed E-state index contributed by atoms with van der Waals surface area (Å²) in [5.41, 5.74) is 0. The number of nitrogens with one attached hydrogen (secondary N) is 2. The van der Waals surface area contributed by atoms with Gasteiger partial charge in [0.15, 0.2) is 5.96 Å². The number of guanidine groups is 1. The predicted molar refractivity (Wildman–Crippen MR) is 90.2 cm³/mol. The van der Waals surface area contributed by atoms with Crippen LogP contribution in [0.2, 0.25) is 0 Å². The van der Waals surface area contributed by atoms with E-state index in [9.17, 15) is 0 Å². The maximum Gasteiger partial charge on any atom is 0.191 e. The van der Waals surface area contributed by atoms with Crippen molar-refractivity contribution in [2.24, 2.45) is 10.9 Å². The second-order valence-corrected chi connectivity index (χ2v) is 5.51. The van der Waals surface area contributed by atoms with E-state index in [4.69, 9.17) is 0 Å². The van der Waals surface area contributed by atoms with Gasteiger partial charge in [-0.3, -0.25) is 9.67 Å². The van der Waals surface area contributed by atoms with Gasteiger partial charge in [0.2, 0.25) is 0 Å². The summed E-state index contributed by atoms with van der Waals surface area (Å²) in [5.74, 6) is 2.27. The van der Waals surface area contributed by atoms with Crippen LogP contribution in [0.25, 0.3) is 0 Å². The minimum absolute atomic E-state index is 0.456. The standard InChI is InChI=1S/C15H26N8/c1-4-14-21-19-12-22(14)9-7-17-15(16-3)18-10-13(2)11-23-8-5-6-20-23/h5-6,8,12-13H,4,7,9-11H2,1-3H3,(H2,16,17,18). The van der Waals surface area contributed by atoms with Gasteiger partial charge in [0.25, 0.3) is 0 Å². The number of aryl methyl sites for hydroxylation is 1. The molecule has 0 aliphatic heterocycles. The lowest BCUT2D eigenvalue weighted by Crippen LogP contribution is -2.41. The Morgan fingerprint density at radius 3 is 2.96 bits per heavy atom. The highest BCUT2D eigenvalue weighted by Crippen LogP contribution is 1.98. The fraction of sp³-hybridized carbons (Fsp3) is 0.600. The van der Waals surface area contributed by atoms with Crippen molar-refractivity contribution in [1.29, 1.82) is 0 Å². The van der Waals surface area contributed by atoms with Crippen LogP contribution < -0.4 is 10.6 Å². The first-order chi connectivity index (χ1) is 11.2. The van der Waals surface area contributed by atoms with Crippen LogP contribution in [0.5, 0.6) is 0 Å². The number of rotatable bonds is 8. The third kappa shape index (κ3) is 5.39. The van der Waals surface area contributed by atoms with Gasteiger partial charge in [-0.2, -0.15) is 5.10 Å². The maximum absolute atomic E-state index is 4.25. The first-order valence-corrected chi connectivity index (χ1v) is 8.01.